The summed E-state index contributed by atoms with van der Waals surface area (Å²) >= 11 is 6.13. The van der Waals surface area contributed by atoms with Gasteiger partial charge in [-0.2, -0.15) is 0 Å². The Labute approximate surface area is 151 Å². The summed E-state index contributed by atoms with van der Waals surface area (Å²) in [5.74, 6) is 0.828. The smallest absolute Gasteiger partial charge is 0.241 e. The minimum atomic E-state index is -0.190. The normalized spacial score (nSPS) is 13.9. The molecule has 0 spiro atoms. The fraction of sp³-hybridized carbons (Fsp3) is 0.389. The highest BCUT2D eigenvalue weighted by Gasteiger charge is 2.18. The Balaban J connectivity index is 1.46. The van der Waals surface area contributed by atoms with Gasteiger partial charge in [-0.1, -0.05) is 23.7 Å². The average molecular weight is 362 g/mol. The van der Waals surface area contributed by atoms with Crippen molar-refractivity contribution in [2.45, 2.75) is 25.7 Å². The van der Waals surface area contributed by atoms with E-state index in [0.717, 1.165) is 31.5 Å². The van der Waals surface area contributed by atoms with Crippen LogP contribution in [0.1, 0.15) is 25.2 Å². The van der Waals surface area contributed by atoms with Crippen LogP contribution in [0.3, 0.4) is 0 Å². The van der Waals surface area contributed by atoms with Crippen LogP contribution in [0.25, 0.3) is 11.3 Å². The van der Waals surface area contributed by atoms with Crippen molar-refractivity contribution in [3.8, 4) is 11.3 Å². The monoisotopic (exact) mass is 361 g/mol. The van der Waals surface area contributed by atoms with Crippen LogP contribution in [0.2, 0.25) is 5.02 Å². The summed E-state index contributed by atoms with van der Waals surface area (Å²) in [6, 6.07) is 7.35. The van der Waals surface area contributed by atoms with Gasteiger partial charge in [0, 0.05) is 31.5 Å². The molecule has 0 radical (unpaired) electrons. The van der Waals surface area contributed by atoms with E-state index in [4.69, 9.17) is 16.0 Å². The molecule has 1 aliphatic rings. The quantitative estimate of drug-likeness (QED) is 0.858. The number of aromatic nitrogens is 1. The summed E-state index contributed by atoms with van der Waals surface area (Å²) in [5, 5.41) is 3.24. The predicted octanol–water partition coefficient (Wildman–Crippen LogP) is 2.67. The summed E-state index contributed by atoms with van der Waals surface area (Å²) in [6.07, 6.45) is 4.27. The highest BCUT2D eigenvalue weighted by atomic mass is 35.5. The van der Waals surface area contributed by atoms with E-state index in [-0.39, 0.29) is 24.8 Å². The van der Waals surface area contributed by atoms with Gasteiger partial charge in [-0.25, -0.2) is 4.98 Å². The third-order valence-corrected chi connectivity index (χ3v) is 4.48. The Morgan fingerprint density at radius 1 is 1.24 bits per heavy atom. The van der Waals surface area contributed by atoms with E-state index in [2.05, 4.69) is 10.3 Å². The van der Waals surface area contributed by atoms with Gasteiger partial charge in [0.25, 0.3) is 0 Å². The molecule has 0 atom stereocenters. The van der Waals surface area contributed by atoms with Crippen LogP contribution in [-0.2, 0) is 16.0 Å². The molecule has 25 heavy (non-hydrogen) atoms. The minimum Gasteiger partial charge on any atom is -0.441 e. The van der Waals surface area contributed by atoms with Crippen molar-refractivity contribution >= 4 is 23.4 Å². The fourth-order valence-electron chi connectivity index (χ4n) is 2.77. The molecule has 1 aliphatic heterocycles. The van der Waals surface area contributed by atoms with Crippen LogP contribution in [0.5, 0.6) is 0 Å². The van der Waals surface area contributed by atoms with Gasteiger partial charge < -0.3 is 14.6 Å². The van der Waals surface area contributed by atoms with Crippen molar-refractivity contribution in [3.05, 3.63) is 41.4 Å². The molecule has 1 aromatic heterocycles. The summed E-state index contributed by atoms with van der Waals surface area (Å²) in [5.41, 5.74) is 0.767. The molecule has 7 heteroatoms. The number of carbonyl (C=O) groups is 2. The molecule has 1 saturated heterocycles. The largest absolute Gasteiger partial charge is 0.441 e. The lowest BCUT2D eigenvalue weighted by molar-refractivity contribution is -0.132. The van der Waals surface area contributed by atoms with E-state index < -0.39 is 0 Å². The molecule has 1 aromatic carbocycles. The molecule has 1 fully saturated rings. The number of aryl methyl sites for hydroxylation is 1. The standard InChI is InChI=1S/C18H20ClN3O3/c19-14-6-2-1-5-13(14)15-11-21-17(25-15)8-7-16(23)20-12-18(24)22-9-3-4-10-22/h1-2,5-6,11H,3-4,7-10,12H2,(H,20,23). The lowest BCUT2D eigenvalue weighted by Gasteiger charge is -2.15. The topological polar surface area (TPSA) is 75.4 Å². The molecule has 0 unspecified atom stereocenters. The number of hydrogen-bond acceptors (Lipinski definition) is 4. The number of nitrogens with zero attached hydrogens (tertiary/aromatic N) is 2. The second-order valence-corrected chi connectivity index (χ2v) is 6.37. The second kappa shape index (κ2) is 8.16. The number of oxazole rings is 1. The lowest BCUT2D eigenvalue weighted by Crippen LogP contribution is -2.38. The van der Waals surface area contributed by atoms with Gasteiger partial charge in [0.05, 0.1) is 17.8 Å². The maximum absolute atomic E-state index is 11.9. The van der Waals surface area contributed by atoms with Crippen molar-refractivity contribution < 1.29 is 14.0 Å². The zero-order valence-corrected chi connectivity index (χ0v) is 14.6. The number of hydrogen-bond donors (Lipinski definition) is 1. The summed E-state index contributed by atoms with van der Waals surface area (Å²) in [7, 11) is 0. The number of amides is 2. The molecule has 6 nitrogen and oxygen atoms in total. The lowest BCUT2D eigenvalue weighted by atomic mass is 10.2. The summed E-state index contributed by atoms with van der Waals surface area (Å²) < 4.78 is 5.66. The van der Waals surface area contributed by atoms with Crippen LogP contribution in [0, 0.1) is 0 Å². The predicted molar refractivity (Wildman–Crippen MR) is 94.1 cm³/mol. The van der Waals surface area contributed by atoms with Gasteiger partial charge in [-0.15, -0.1) is 0 Å². The number of benzene rings is 1. The molecule has 0 saturated carbocycles. The van der Waals surface area contributed by atoms with Crippen molar-refractivity contribution in [1.82, 2.24) is 15.2 Å². The van der Waals surface area contributed by atoms with E-state index in [1.807, 2.05) is 18.2 Å². The first-order chi connectivity index (χ1) is 12.1. The molecule has 2 heterocycles. The van der Waals surface area contributed by atoms with Gasteiger partial charge in [-0.05, 0) is 25.0 Å². The van der Waals surface area contributed by atoms with E-state index >= 15 is 0 Å². The molecule has 3 rings (SSSR count). The van der Waals surface area contributed by atoms with Gasteiger partial charge >= 0.3 is 0 Å². The maximum Gasteiger partial charge on any atom is 0.241 e. The van der Waals surface area contributed by atoms with Gasteiger partial charge in [0.1, 0.15) is 0 Å². The Morgan fingerprint density at radius 2 is 2.00 bits per heavy atom. The second-order valence-electron chi connectivity index (χ2n) is 5.96. The summed E-state index contributed by atoms with van der Waals surface area (Å²) in [4.78, 5) is 29.7. The number of rotatable bonds is 6. The van der Waals surface area contributed by atoms with Crippen LogP contribution < -0.4 is 5.32 Å². The Hall–Kier alpha value is -2.34. The van der Waals surface area contributed by atoms with Crippen molar-refractivity contribution in [1.29, 1.82) is 0 Å². The highest BCUT2D eigenvalue weighted by Crippen LogP contribution is 2.28. The van der Waals surface area contributed by atoms with Crippen molar-refractivity contribution in [3.63, 3.8) is 0 Å². The van der Waals surface area contributed by atoms with Crippen LogP contribution in [0.4, 0.5) is 0 Å². The highest BCUT2D eigenvalue weighted by molar-refractivity contribution is 6.33. The van der Waals surface area contributed by atoms with Crippen LogP contribution in [0.15, 0.2) is 34.9 Å². The molecule has 132 valence electrons. The molecular weight excluding hydrogens is 342 g/mol. The molecule has 2 amide bonds. The SMILES string of the molecule is O=C(CCc1ncc(-c2ccccc2Cl)o1)NCC(=O)N1CCCC1. The molecule has 0 aliphatic carbocycles. The number of nitrogens with one attached hydrogen (secondary N) is 1. The third-order valence-electron chi connectivity index (χ3n) is 4.15. The van der Waals surface area contributed by atoms with E-state index in [0.29, 0.717) is 23.1 Å². The van der Waals surface area contributed by atoms with Crippen molar-refractivity contribution in [2.24, 2.45) is 0 Å². The van der Waals surface area contributed by atoms with E-state index in [1.54, 1.807) is 17.2 Å². The van der Waals surface area contributed by atoms with Gasteiger partial charge in [0.15, 0.2) is 11.7 Å². The third kappa shape index (κ3) is 4.60. The Bertz CT molecular complexity index is 754. The fourth-order valence-corrected chi connectivity index (χ4v) is 3.00. The van der Waals surface area contributed by atoms with Crippen molar-refractivity contribution in [2.75, 3.05) is 19.6 Å². The Morgan fingerprint density at radius 3 is 2.76 bits per heavy atom. The van der Waals surface area contributed by atoms with Gasteiger partial charge in [-0.3, -0.25) is 9.59 Å². The first-order valence-corrected chi connectivity index (χ1v) is 8.75. The zero-order valence-electron chi connectivity index (χ0n) is 13.8. The minimum absolute atomic E-state index is 0.0250. The number of carbonyl (C=O) groups excluding carboxylic acids is 2. The first kappa shape index (κ1) is 17.5. The molecular formula is C18H20ClN3O3. The average Bonchev–Trinajstić information content (AvgIpc) is 3.30. The first-order valence-electron chi connectivity index (χ1n) is 8.37. The molecule has 0 bridgehead atoms. The van der Waals surface area contributed by atoms with Crippen LogP contribution >= 0.6 is 11.6 Å². The van der Waals surface area contributed by atoms with Gasteiger partial charge in [0.2, 0.25) is 11.8 Å². The number of likely N-dealkylation sites (tertiary alicyclic amines) is 1. The van der Waals surface area contributed by atoms with E-state index in [9.17, 15) is 9.59 Å². The molecule has 2 aromatic rings. The van der Waals surface area contributed by atoms with Crippen LogP contribution in [-0.4, -0.2) is 41.3 Å². The summed E-state index contributed by atoms with van der Waals surface area (Å²) in [6.45, 7) is 1.63. The maximum atomic E-state index is 11.9. The Kier molecular flexibility index (Phi) is 5.71. The zero-order chi connectivity index (χ0) is 17.6. The molecule has 1 N–H and O–H groups in total. The number of halogens is 1. The van der Waals surface area contributed by atoms with E-state index in [1.165, 1.54) is 0 Å².